The van der Waals surface area contributed by atoms with Crippen LogP contribution in [0.15, 0.2) is 12.8 Å². The summed E-state index contributed by atoms with van der Waals surface area (Å²) in [6.45, 7) is 3.88. The van der Waals surface area contributed by atoms with Crippen molar-refractivity contribution in [2.24, 2.45) is 0 Å². The number of hydrogen-bond acceptors (Lipinski definition) is 2. The fourth-order valence-electron chi connectivity index (χ4n) is 1.43. The predicted octanol–water partition coefficient (Wildman–Crippen LogP) is 3.21. The fraction of sp³-hybridized carbons (Fsp3) is 0.833. The van der Waals surface area contributed by atoms with Gasteiger partial charge in [0, 0.05) is 0 Å². The van der Waals surface area contributed by atoms with Gasteiger partial charge in [-0.05, 0) is 12.8 Å². The Bertz CT molecular complexity index is 140. The third kappa shape index (κ3) is 11.4. The third-order valence-electron chi connectivity index (χ3n) is 2.35. The Balaban J connectivity index is 2.95. The van der Waals surface area contributed by atoms with Crippen molar-refractivity contribution in [2.75, 3.05) is 13.2 Å². The SMILES string of the molecule is C=COCCCCCCCCC(F)CO. The lowest BCUT2D eigenvalue weighted by atomic mass is 10.1. The summed E-state index contributed by atoms with van der Waals surface area (Å²) in [4.78, 5) is 0. The van der Waals surface area contributed by atoms with Crippen molar-refractivity contribution in [3.63, 3.8) is 0 Å². The molecule has 0 saturated heterocycles. The van der Waals surface area contributed by atoms with Crippen LogP contribution in [0.3, 0.4) is 0 Å². The Kier molecular flexibility index (Phi) is 11.1. The quantitative estimate of drug-likeness (QED) is 0.426. The Morgan fingerprint density at radius 1 is 1.13 bits per heavy atom. The highest BCUT2D eigenvalue weighted by molar-refractivity contribution is 4.54. The lowest BCUT2D eigenvalue weighted by Gasteiger charge is -2.04. The van der Waals surface area contributed by atoms with E-state index in [1.165, 1.54) is 12.7 Å². The Morgan fingerprint density at radius 3 is 2.33 bits per heavy atom. The first-order valence-corrected chi connectivity index (χ1v) is 5.78. The second-order valence-electron chi connectivity index (χ2n) is 3.73. The largest absolute Gasteiger partial charge is 0.502 e. The van der Waals surface area contributed by atoms with Crippen LogP contribution in [0.2, 0.25) is 0 Å². The molecule has 0 bridgehead atoms. The monoisotopic (exact) mass is 218 g/mol. The van der Waals surface area contributed by atoms with E-state index >= 15 is 0 Å². The van der Waals surface area contributed by atoms with Crippen molar-refractivity contribution in [3.8, 4) is 0 Å². The maximum Gasteiger partial charge on any atom is 0.123 e. The standard InChI is InChI=1S/C12H23FO2/c1-2-15-10-8-6-4-3-5-7-9-12(13)11-14/h2,12,14H,1,3-11H2. The highest BCUT2D eigenvalue weighted by Gasteiger charge is 2.02. The van der Waals surface area contributed by atoms with Gasteiger partial charge in [0.05, 0.1) is 19.5 Å². The summed E-state index contributed by atoms with van der Waals surface area (Å²) in [7, 11) is 0. The molecule has 0 fully saturated rings. The van der Waals surface area contributed by atoms with Gasteiger partial charge in [0.15, 0.2) is 0 Å². The highest BCUT2D eigenvalue weighted by atomic mass is 19.1. The van der Waals surface area contributed by atoms with Gasteiger partial charge in [-0.25, -0.2) is 4.39 Å². The van der Waals surface area contributed by atoms with E-state index in [1.54, 1.807) is 0 Å². The number of hydrogen-bond donors (Lipinski definition) is 1. The first-order valence-electron chi connectivity index (χ1n) is 5.78. The molecule has 2 nitrogen and oxygen atoms in total. The topological polar surface area (TPSA) is 29.5 Å². The Hall–Kier alpha value is -0.570. The van der Waals surface area contributed by atoms with Crippen molar-refractivity contribution >= 4 is 0 Å². The van der Waals surface area contributed by atoms with Crippen molar-refractivity contribution in [1.29, 1.82) is 0 Å². The predicted molar refractivity (Wildman–Crippen MR) is 60.4 cm³/mol. The minimum atomic E-state index is -1.02. The molecule has 1 atom stereocenters. The second-order valence-corrected chi connectivity index (χ2v) is 3.73. The zero-order valence-corrected chi connectivity index (χ0v) is 9.46. The van der Waals surface area contributed by atoms with Crippen LogP contribution >= 0.6 is 0 Å². The summed E-state index contributed by atoms with van der Waals surface area (Å²) < 4.78 is 17.6. The number of rotatable bonds is 11. The van der Waals surface area contributed by atoms with Crippen LogP contribution in [0.25, 0.3) is 0 Å². The summed E-state index contributed by atoms with van der Waals surface area (Å²) in [6, 6.07) is 0. The van der Waals surface area contributed by atoms with Crippen molar-refractivity contribution < 1.29 is 14.2 Å². The van der Waals surface area contributed by atoms with E-state index in [4.69, 9.17) is 9.84 Å². The number of ether oxygens (including phenoxy) is 1. The smallest absolute Gasteiger partial charge is 0.123 e. The van der Waals surface area contributed by atoms with Gasteiger partial charge in [0.1, 0.15) is 6.17 Å². The molecular formula is C12H23FO2. The average Bonchev–Trinajstić information content (AvgIpc) is 2.26. The molecule has 0 aromatic rings. The van der Waals surface area contributed by atoms with Gasteiger partial charge in [0.25, 0.3) is 0 Å². The van der Waals surface area contributed by atoms with E-state index in [-0.39, 0.29) is 6.61 Å². The van der Waals surface area contributed by atoms with Gasteiger partial charge in [-0.1, -0.05) is 38.7 Å². The van der Waals surface area contributed by atoms with E-state index < -0.39 is 6.17 Å². The number of unbranched alkanes of at least 4 members (excludes halogenated alkanes) is 5. The molecule has 0 spiro atoms. The third-order valence-corrected chi connectivity index (χ3v) is 2.35. The van der Waals surface area contributed by atoms with Gasteiger partial charge < -0.3 is 9.84 Å². The molecule has 0 aromatic carbocycles. The first-order chi connectivity index (χ1) is 7.31. The first kappa shape index (κ1) is 14.4. The molecule has 0 amide bonds. The maximum atomic E-state index is 12.6. The Morgan fingerprint density at radius 2 is 1.73 bits per heavy atom. The van der Waals surface area contributed by atoms with Crippen molar-refractivity contribution in [1.82, 2.24) is 0 Å². The number of aliphatic hydroxyl groups excluding tert-OH is 1. The van der Waals surface area contributed by atoms with Crippen LogP contribution in [0.1, 0.15) is 44.9 Å². The second kappa shape index (κ2) is 11.5. The average molecular weight is 218 g/mol. The lowest BCUT2D eigenvalue weighted by Crippen LogP contribution is -2.04. The molecule has 0 saturated carbocycles. The molecular weight excluding hydrogens is 195 g/mol. The minimum Gasteiger partial charge on any atom is -0.502 e. The van der Waals surface area contributed by atoms with Gasteiger partial charge in [0.2, 0.25) is 0 Å². The molecule has 0 aliphatic heterocycles. The van der Waals surface area contributed by atoms with Crippen molar-refractivity contribution in [3.05, 3.63) is 12.8 Å². The highest BCUT2D eigenvalue weighted by Crippen LogP contribution is 2.10. The number of alkyl halides is 1. The zero-order chi connectivity index (χ0) is 11.4. The molecule has 90 valence electrons. The molecule has 0 rings (SSSR count). The van der Waals surface area contributed by atoms with Gasteiger partial charge in [-0.15, -0.1) is 0 Å². The van der Waals surface area contributed by atoms with Crippen LogP contribution < -0.4 is 0 Å². The van der Waals surface area contributed by atoms with E-state index in [9.17, 15) is 4.39 Å². The molecule has 1 unspecified atom stereocenters. The summed E-state index contributed by atoms with van der Waals surface area (Å²) in [5.41, 5.74) is 0. The zero-order valence-electron chi connectivity index (χ0n) is 9.46. The van der Waals surface area contributed by atoms with Crippen molar-refractivity contribution in [2.45, 2.75) is 51.1 Å². The van der Waals surface area contributed by atoms with E-state index in [2.05, 4.69) is 6.58 Å². The van der Waals surface area contributed by atoms with Crippen LogP contribution in [-0.2, 0) is 4.74 Å². The maximum absolute atomic E-state index is 12.6. The summed E-state index contributed by atoms with van der Waals surface area (Å²) in [6.07, 6.45) is 7.43. The molecule has 0 aliphatic rings. The lowest BCUT2D eigenvalue weighted by molar-refractivity contribution is 0.167. The van der Waals surface area contributed by atoms with Gasteiger partial charge in [-0.2, -0.15) is 0 Å². The van der Waals surface area contributed by atoms with Gasteiger partial charge in [-0.3, -0.25) is 0 Å². The van der Waals surface area contributed by atoms with Crippen LogP contribution in [-0.4, -0.2) is 24.5 Å². The van der Waals surface area contributed by atoms with Crippen LogP contribution in [0, 0.1) is 0 Å². The normalized spacial score (nSPS) is 12.4. The van der Waals surface area contributed by atoms with Crippen LogP contribution in [0.5, 0.6) is 0 Å². The molecule has 0 aliphatic carbocycles. The van der Waals surface area contributed by atoms with E-state index in [0.717, 1.165) is 38.7 Å². The molecule has 0 heterocycles. The number of aliphatic hydroxyl groups is 1. The van der Waals surface area contributed by atoms with E-state index in [0.29, 0.717) is 6.42 Å². The number of halogens is 1. The molecule has 0 radical (unpaired) electrons. The van der Waals surface area contributed by atoms with Crippen LogP contribution in [0.4, 0.5) is 4.39 Å². The van der Waals surface area contributed by atoms with Gasteiger partial charge >= 0.3 is 0 Å². The summed E-state index contributed by atoms with van der Waals surface area (Å²) >= 11 is 0. The summed E-state index contributed by atoms with van der Waals surface area (Å²) in [5, 5.41) is 8.46. The molecule has 15 heavy (non-hydrogen) atoms. The summed E-state index contributed by atoms with van der Waals surface area (Å²) in [5.74, 6) is 0. The van der Waals surface area contributed by atoms with E-state index in [1.807, 2.05) is 0 Å². The minimum absolute atomic E-state index is 0.334. The molecule has 3 heteroatoms. The molecule has 0 aromatic heterocycles. The molecule has 1 N–H and O–H groups in total. The Labute approximate surface area is 92.1 Å². The fourth-order valence-corrected chi connectivity index (χ4v) is 1.43.